The third-order valence-corrected chi connectivity index (χ3v) is 6.51. The summed E-state index contributed by atoms with van der Waals surface area (Å²) >= 11 is 9.43. The van der Waals surface area contributed by atoms with Gasteiger partial charge in [-0.05, 0) is 43.9 Å². The Labute approximate surface area is 176 Å². The highest BCUT2D eigenvalue weighted by atomic mass is 35.5. The molecule has 1 amide bonds. The van der Waals surface area contributed by atoms with E-state index in [0.29, 0.717) is 27.5 Å². The summed E-state index contributed by atoms with van der Waals surface area (Å²) in [6.45, 7) is 5.46. The van der Waals surface area contributed by atoms with Gasteiger partial charge in [-0.15, -0.1) is 16.4 Å². The smallest absolute Gasteiger partial charge is 0.230 e. The number of thiazole rings is 1. The molecule has 0 unspecified atom stereocenters. The third kappa shape index (κ3) is 4.09. The number of amides is 1. The molecule has 1 aromatic carbocycles. The second-order valence-corrected chi connectivity index (χ2v) is 9.14. The summed E-state index contributed by atoms with van der Waals surface area (Å²) in [6, 6.07) is 3.88. The van der Waals surface area contributed by atoms with Crippen molar-refractivity contribution in [1.29, 1.82) is 0 Å². The number of hydrogen-bond donors (Lipinski definition) is 1. The standard InChI is InChI=1S/C19H20ClN5OS2/c1-10-6-11(2)16(15(20)7-10)25(12(3)26)19-21-14(9-28-19)8-27-18-22-17(23-24-18)13-4-5-13/h6-7,9,13H,4-5,8H2,1-3H3,(H,22,23,24). The molecule has 2 heterocycles. The minimum Gasteiger partial charge on any atom is -0.274 e. The van der Waals surface area contributed by atoms with Crippen molar-refractivity contribution in [2.45, 2.75) is 50.4 Å². The summed E-state index contributed by atoms with van der Waals surface area (Å²) in [5, 5.41) is 11.1. The van der Waals surface area contributed by atoms with E-state index in [9.17, 15) is 4.79 Å². The summed E-state index contributed by atoms with van der Waals surface area (Å²) in [5.41, 5.74) is 3.58. The van der Waals surface area contributed by atoms with Crippen LogP contribution in [0.4, 0.5) is 10.8 Å². The normalized spacial score (nSPS) is 13.7. The van der Waals surface area contributed by atoms with Crippen LogP contribution >= 0.6 is 34.7 Å². The number of thioether (sulfide) groups is 1. The van der Waals surface area contributed by atoms with Crippen molar-refractivity contribution in [1.82, 2.24) is 20.2 Å². The maximum atomic E-state index is 12.4. The van der Waals surface area contributed by atoms with E-state index in [1.54, 1.807) is 4.90 Å². The van der Waals surface area contributed by atoms with Crippen molar-refractivity contribution >= 4 is 51.4 Å². The van der Waals surface area contributed by atoms with E-state index in [2.05, 4.69) is 20.2 Å². The Balaban J connectivity index is 1.53. The van der Waals surface area contributed by atoms with E-state index >= 15 is 0 Å². The second kappa shape index (κ2) is 7.85. The van der Waals surface area contributed by atoms with Gasteiger partial charge in [-0.25, -0.2) is 9.97 Å². The first-order chi connectivity index (χ1) is 13.4. The molecular weight excluding hydrogens is 414 g/mol. The van der Waals surface area contributed by atoms with E-state index in [-0.39, 0.29) is 5.91 Å². The number of rotatable bonds is 6. The van der Waals surface area contributed by atoms with Crippen molar-refractivity contribution < 1.29 is 4.79 Å². The Morgan fingerprint density at radius 3 is 2.82 bits per heavy atom. The Kier molecular flexibility index (Phi) is 5.44. The Morgan fingerprint density at radius 2 is 2.14 bits per heavy atom. The minimum absolute atomic E-state index is 0.120. The van der Waals surface area contributed by atoms with Gasteiger partial charge in [-0.3, -0.25) is 14.8 Å². The van der Waals surface area contributed by atoms with E-state index in [1.807, 2.05) is 31.4 Å². The van der Waals surface area contributed by atoms with Crippen molar-refractivity contribution in [2.24, 2.45) is 0 Å². The first-order valence-corrected chi connectivity index (χ1v) is 11.2. The quantitative estimate of drug-likeness (QED) is 0.528. The zero-order valence-corrected chi connectivity index (χ0v) is 18.2. The number of aryl methyl sites for hydroxylation is 2. The molecule has 28 heavy (non-hydrogen) atoms. The molecule has 3 aromatic rings. The van der Waals surface area contributed by atoms with Crippen LogP contribution in [0.5, 0.6) is 0 Å². The number of halogens is 1. The number of hydrogen-bond acceptors (Lipinski definition) is 6. The SMILES string of the molecule is CC(=O)N(c1nc(CSc2n[nH]c(C3CC3)n2)cs1)c1c(C)cc(C)cc1Cl. The van der Waals surface area contributed by atoms with Crippen LogP contribution in [0.3, 0.4) is 0 Å². The van der Waals surface area contributed by atoms with Gasteiger partial charge >= 0.3 is 0 Å². The molecule has 146 valence electrons. The van der Waals surface area contributed by atoms with Crippen molar-refractivity contribution in [3.8, 4) is 0 Å². The zero-order chi connectivity index (χ0) is 19.8. The summed E-state index contributed by atoms with van der Waals surface area (Å²) in [6.07, 6.45) is 2.38. The van der Waals surface area contributed by atoms with E-state index in [4.69, 9.17) is 11.6 Å². The highest BCUT2D eigenvalue weighted by Gasteiger charge is 2.27. The van der Waals surface area contributed by atoms with E-state index in [1.165, 1.54) is 42.9 Å². The highest BCUT2D eigenvalue weighted by molar-refractivity contribution is 7.98. The van der Waals surface area contributed by atoms with E-state index < -0.39 is 0 Å². The fraction of sp³-hybridized carbons (Fsp3) is 0.368. The molecular formula is C19H20ClN5OS2. The lowest BCUT2D eigenvalue weighted by atomic mass is 10.1. The Morgan fingerprint density at radius 1 is 1.36 bits per heavy atom. The molecule has 0 radical (unpaired) electrons. The lowest BCUT2D eigenvalue weighted by molar-refractivity contribution is -0.115. The molecule has 4 rings (SSSR count). The fourth-order valence-corrected chi connectivity index (χ4v) is 5.13. The van der Waals surface area contributed by atoms with Crippen molar-refractivity contribution in [3.63, 3.8) is 0 Å². The van der Waals surface area contributed by atoms with Gasteiger partial charge in [0.1, 0.15) is 5.82 Å². The van der Waals surface area contributed by atoms with Crippen LogP contribution in [-0.2, 0) is 10.5 Å². The molecule has 0 atom stereocenters. The van der Waals surface area contributed by atoms with Crippen LogP contribution in [0.15, 0.2) is 22.7 Å². The average Bonchev–Trinajstić information content (AvgIpc) is 3.19. The molecule has 1 saturated carbocycles. The number of H-pyrrole nitrogens is 1. The van der Waals surface area contributed by atoms with Gasteiger partial charge in [-0.2, -0.15) is 0 Å². The highest BCUT2D eigenvalue weighted by Crippen LogP contribution is 2.39. The van der Waals surface area contributed by atoms with Gasteiger partial charge in [0.05, 0.1) is 16.4 Å². The van der Waals surface area contributed by atoms with Gasteiger partial charge in [0, 0.05) is 24.0 Å². The number of anilines is 2. The number of benzene rings is 1. The third-order valence-electron chi connectivity index (χ3n) is 4.46. The lowest BCUT2D eigenvalue weighted by Gasteiger charge is -2.22. The van der Waals surface area contributed by atoms with Gasteiger partial charge in [-0.1, -0.05) is 29.4 Å². The van der Waals surface area contributed by atoms with Gasteiger partial charge in [0.2, 0.25) is 11.1 Å². The molecule has 0 saturated heterocycles. The minimum atomic E-state index is -0.120. The predicted molar refractivity (Wildman–Crippen MR) is 114 cm³/mol. The van der Waals surface area contributed by atoms with Gasteiger partial charge < -0.3 is 0 Å². The first kappa shape index (κ1) is 19.4. The van der Waals surface area contributed by atoms with Crippen molar-refractivity contribution in [2.75, 3.05) is 4.90 Å². The molecule has 1 N–H and O–H groups in total. The summed E-state index contributed by atoms with van der Waals surface area (Å²) < 4.78 is 0. The summed E-state index contributed by atoms with van der Waals surface area (Å²) in [7, 11) is 0. The number of carbonyl (C=O) groups excluding carboxylic acids is 1. The Bertz CT molecular complexity index is 1000. The number of carbonyl (C=O) groups is 1. The van der Waals surface area contributed by atoms with Crippen molar-refractivity contribution in [3.05, 3.63) is 45.2 Å². The number of aromatic amines is 1. The predicted octanol–water partition coefficient (Wildman–Crippen LogP) is 5.39. The molecule has 1 aliphatic carbocycles. The molecule has 0 aliphatic heterocycles. The van der Waals surface area contributed by atoms with E-state index in [0.717, 1.165) is 27.8 Å². The van der Waals surface area contributed by atoms with Crippen LogP contribution < -0.4 is 4.90 Å². The molecule has 1 aliphatic rings. The maximum absolute atomic E-state index is 12.4. The largest absolute Gasteiger partial charge is 0.274 e. The molecule has 9 heteroatoms. The molecule has 2 aromatic heterocycles. The van der Waals surface area contributed by atoms with Gasteiger partial charge in [0.25, 0.3) is 0 Å². The number of aromatic nitrogens is 4. The fourth-order valence-electron chi connectivity index (χ4n) is 3.04. The van der Waals surface area contributed by atoms with Gasteiger partial charge in [0.15, 0.2) is 5.13 Å². The van der Waals surface area contributed by atoms with Crippen LogP contribution in [0, 0.1) is 13.8 Å². The zero-order valence-electron chi connectivity index (χ0n) is 15.8. The molecule has 0 bridgehead atoms. The summed E-state index contributed by atoms with van der Waals surface area (Å²) in [4.78, 5) is 23.2. The average molecular weight is 434 g/mol. The Hall–Kier alpha value is -1.90. The number of nitrogens with one attached hydrogen (secondary N) is 1. The monoisotopic (exact) mass is 433 g/mol. The molecule has 1 fully saturated rings. The first-order valence-electron chi connectivity index (χ1n) is 8.99. The van der Waals surface area contributed by atoms with Crippen LogP contribution in [0.1, 0.15) is 48.3 Å². The van der Waals surface area contributed by atoms with Crippen LogP contribution in [0.2, 0.25) is 5.02 Å². The maximum Gasteiger partial charge on any atom is 0.230 e. The summed E-state index contributed by atoms with van der Waals surface area (Å²) in [5.74, 6) is 2.06. The van der Waals surface area contributed by atoms with Crippen LogP contribution in [0.25, 0.3) is 0 Å². The number of nitrogens with zero attached hydrogens (tertiary/aromatic N) is 4. The van der Waals surface area contributed by atoms with Crippen LogP contribution in [-0.4, -0.2) is 26.1 Å². The topological polar surface area (TPSA) is 74.8 Å². The molecule has 0 spiro atoms. The lowest BCUT2D eigenvalue weighted by Crippen LogP contribution is -2.24. The molecule has 6 nitrogen and oxygen atoms in total. The second-order valence-electron chi connectivity index (χ2n) is 6.95.